The van der Waals surface area contributed by atoms with E-state index in [-0.39, 0.29) is 17.7 Å². The van der Waals surface area contributed by atoms with Gasteiger partial charge in [0, 0.05) is 17.7 Å². The molecule has 1 N–H and O–H groups in total. The number of hydrogen-bond donors (Lipinski definition) is 1. The molecule has 6 nitrogen and oxygen atoms in total. The SMILES string of the molecule is COc1ccc([C@H]2CC(=O)C3=C(C2)Nc2ncnn2[C@@H]3c2ccccc2)cc1. The molecule has 28 heavy (non-hydrogen) atoms. The predicted octanol–water partition coefficient (Wildman–Crippen LogP) is 3.70. The van der Waals surface area contributed by atoms with Crippen LogP contribution in [0.3, 0.4) is 0 Å². The highest BCUT2D eigenvalue weighted by Crippen LogP contribution is 2.43. The largest absolute Gasteiger partial charge is 0.497 e. The van der Waals surface area contributed by atoms with Gasteiger partial charge < -0.3 is 10.1 Å². The lowest BCUT2D eigenvalue weighted by atomic mass is 9.78. The van der Waals surface area contributed by atoms with Crippen molar-refractivity contribution in [2.24, 2.45) is 0 Å². The van der Waals surface area contributed by atoms with Crippen molar-refractivity contribution in [2.75, 3.05) is 12.4 Å². The minimum atomic E-state index is -0.237. The van der Waals surface area contributed by atoms with Crippen LogP contribution in [0.2, 0.25) is 0 Å². The van der Waals surface area contributed by atoms with Crippen LogP contribution in [0, 0.1) is 0 Å². The molecule has 0 bridgehead atoms. The number of hydrogen-bond acceptors (Lipinski definition) is 5. The average Bonchev–Trinajstić information content (AvgIpc) is 3.21. The predicted molar refractivity (Wildman–Crippen MR) is 105 cm³/mol. The van der Waals surface area contributed by atoms with E-state index in [2.05, 4.69) is 15.4 Å². The fourth-order valence-corrected chi connectivity index (χ4v) is 4.21. The normalized spacial score (nSPS) is 21.0. The Kier molecular flexibility index (Phi) is 3.97. The van der Waals surface area contributed by atoms with Gasteiger partial charge in [0.25, 0.3) is 0 Å². The first-order valence-corrected chi connectivity index (χ1v) is 9.36. The Morgan fingerprint density at radius 2 is 1.82 bits per heavy atom. The van der Waals surface area contributed by atoms with E-state index in [9.17, 15) is 4.79 Å². The number of methoxy groups -OCH3 is 1. The van der Waals surface area contributed by atoms with Gasteiger partial charge in [-0.3, -0.25) is 4.79 Å². The maximum Gasteiger partial charge on any atom is 0.226 e. The summed E-state index contributed by atoms with van der Waals surface area (Å²) in [6, 6.07) is 17.8. The number of ketones is 1. The molecule has 2 heterocycles. The lowest BCUT2D eigenvalue weighted by Gasteiger charge is -2.35. The number of benzene rings is 2. The Morgan fingerprint density at radius 1 is 1.04 bits per heavy atom. The minimum absolute atomic E-state index is 0.135. The first-order valence-electron chi connectivity index (χ1n) is 9.36. The fraction of sp³-hybridized carbons (Fsp3) is 0.227. The number of allylic oxidation sites excluding steroid dienone is 2. The third kappa shape index (κ3) is 2.69. The van der Waals surface area contributed by atoms with Crippen molar-refractivity contribution in [3.8, 4) is 5.75 Å². The summed E-state index contributed by atoms with van der Waals surface area (Å²) in [5.41, 5.74) is 3.94. The molecule has 0 spiro atoms. The maximum absolute atomic E-state index is 13.3. The molecule has 1 aromatic heterocycles. The van der Waals surface area contributed by atoms with E-state index < -0.39 is 0 Å². The topological polar surface area (TPSA) is 69.0 Å². The van der Waals surface area contributed by atoms with Gasteiger partial charge in [0.1, 0.15) is 18.1 Å². The molecule has 0 fully saturated rings. The Bertz CT molecular complexity index is 1050. The number of carbonyl (C=O) groups excluding carboxylic acids is 1. The van der Waals surface area contributed by atoms with E-state index in [0.717, 1.165) is 34.6 Å². The molecule has 3 aromatic rings. The monoisotopic (exact) mass is 372 g/mol. The van der Waals surface area contributed by atoms with Crippen LogP contribution in [0.15, 0.2) is 72.2 Å². The lowest BCUT2D eigenvalue weighted by molar-refractivity contribution is -0.116. The highest BCUT2D eigenvalue weighted by molar-refractivity contribution is 6.00. The summed E-state index contributed by atoms with van der Waals surface area (Å²) in [5.74, 6) is 1.79. The number of rotatable bonds is 3. The Morgan fingerprint density at radius 3 is 2.57 bits per heavy atom. The van der Waals surface area contributed by atoms with Gasteiger partial charge in [-0.15, -0.1) is 0 Å². The second-order valence-corrected chi connectivity index (χ2v) is 7.16. The quantitative estimate of drug-likeness (QED) is 0.759. The molecule has 1 aliphatic heterocycles. The van der Waals surface area contributed by atoms with Crippen molar-refractivity contribution >= 4 is 11.7 Å². The van der Waals surface area contributed by atoms with Crippen LogP contribution in [0.25, 0.3) is 0 Å². The Labute approximate surface area is 162 Å². The highest BCUT2D eigenvalue weighted by atomic mass is 16.5. The van der Waals surface area contributed by atoms with Gasteiger partial charge in [-0.05, 0) is 35.6 Å². The van der Waals surface area contributed by atoms with Gasteiger partial charge in [-0.2, -0.15) is 10.1 Å². The second kappa shape index (κ2) is 6.64. The zero-order chi connectivity index (χ0) is 19.1. The smallest absolute Gasteiger partial charge is 0.226 e. The van der Waals surface area contributed by atoms with Crippen molar-refractivity contribution < 1.29 is 9.53 Å². The number of aromatic nitrogens is 3. The number of ether oxygens (including phenoxy) is 1. The first kappa shape index (κ1) is 16.7. The number of nitrogens with one attached hydrogen (secondary N) is 1. The molecule has 0 amide bonds. The van der Waals surface area contributed by atoms with Crippen LogP contribution in [0.4, 0.5) is 5.95 Å². The third-order valence-corrected chi connectivity index (χ3v) is 5.56. The minimum Gasteiger partial charge on any atom is -0.497 e. The molecule has 2 aromatic carbocycles. The highest BCUT2D eigenvalue weighted by Gasteiger charge is 2.39. The molecule has 0 saturated carbocycles. The molecule has 140 valence electrons. The van der Waals surface area contributed by atoms with Crippen molar-refractivity contribution in [1.82, 2.24) is 14.8 Å². The zero-order valence-electron chi connectivity index (χ0n) is 15.5. The van der Waals surface area contributed by atoms with Crippen LogP contribution >= 0.6 is 0 Å². The van der Waals surface area contributed by atoms with E-state index in [0.29, 0.717) is 12.4 Å². The van der Waals surface area contributed by atoms with Crippen molar-refractivity contribution in [3.63, 3.8) is 0 Å². The van der Waals surface area contributed by atoms with Crippen LogP contribution in [-0.2, 0) is 4.79 Å². The molecule has 0 saturated heterocycles. The summed E-state index contributed by atoms with van der Waals surface area (Å²) < 4.78 is 7.06. The van der Waals surface area contributed by atoms with Crippen LogP contribution < -0.4 is 10.1 Å². The summed E-state index contributed by atoms with van der Waals surface area (Å²) in [5, 5.41) is 7.73. The molecule has 1 aliphatic carbocycles. The molecule has 2 atom stereocenters. The number of anilines is 1. The first-order chi connectivity index (χ1) is 13.7. The standard InChI is InChI=1S/C22H20N4O2/c1-28-17-9-7-14(8-10-17)16-11-18-20(19(27)12-16)21(15-5-3-2-4-6-15)26-22(25-18)23-13-24-26/h2-10,13,16,21H,11-12H2,1H3,(H,23,24,25)/t16-,21-/m1/s1. The van der Waals surface area contributed by atoms with E-state index in [4.69, 9.17) is 4.74 Å². The molecule has 0 radical (unpaired) electrons. The van der Waals surface area contributed by atoms with Gasteiger partial charge >= 0.3 is 0 Å². The van der Waals surface area contributed by atoms with Gasteiger partial charge in [0.15, 0.2) is 5.78 Å². The van der Waals surface area contributed by atoms with Crippen LogP contribution in [0.1, 0.15) is 35.9 Å². The van der Waals surface area contributed by atoms with E-state index in [1.54, 1.807) is 11.8 Å². The number of Topliss-reactive ketones (excluding diaryl/α,β-unsaturated/α-hetero) is 1. The van der Waals surface area contributed by atoms with Gasteiger partial charge in [0.2, 0.25) is 5.95 Å². The molecule has 6 heteroatoms. The number of fused-ring (bicyclic) bond motifs is 1. The summed E-state index contributed by atoms with van der Waals surface area (Å²) >= 11 is 0. The van der Waals surface area contributed by atoms with Crippen molar-refractivity contribution in [2.45, 2.75) is 24.8 Å². The summed E-state index contributed by atoms with van der Waals surface area (Å²) in [6.07, 6.45) is 2.78. The third-order valence-electron chi connectivity index (χ3n) is 5.56. The van der Waals surface area contributed by atoms with E-state index in [1.165, 1.54) is 6.33 Å². The average molecular weight is 372 g/mol. The fourth-order valence-electron chi connectivity index (χ4n) is 4.21. The maximum atomic E-state index is 13.3. The Hall–Kier alpha value is -3.41. The molecule has 2 aliphatic rings. The summed E-state index contributed by atoms with van der Waals surface area (Å²) in [6.45, 7) is 0. The summed E-state index contributed by atoms with van der Waals surface area (Å²) in [7, 11) is 1.65. The Balaban J connectivity index is 1.55. The second-order valence-electron chi connectivity index (χ2n) is 7.16. The van der Waals surface area contributed by atoms with Crippen molar-refractivity contribution in [3.05, 3.63) is 83.3 Å². The lowest BCUT2D eigenvalue weighted by Crippen LogP contribution is -2.33. The van der Waals surface area contributed by atoms with Crippen LogP contribution in [0.5, 0.6) is 5.75 Å². The van der Waals surface area contributed by atoms with E-state index >= 15 is 0 Å². The summed E-state index contributed by atoms with van der Waals surface area (Å²) in [4.78, 5) is 17.6. The van der Waals surface area contributed by atoms with Gasteiger partial charge in [0.05, 0.1) is 7.11 Å². The molecular formula is C22H20N4O2. The molecule has 5 rings (SSSR count). The van der Waals surface area contributed by atoms with Gasteiger partial charge in [-0.25, -0.2) is 4.68 Å². The number of nitrogens with zero attached hydrogens (tertiary/aromatic N) is 3. The van der Waals surface area contributed by atoms with Crippen LogP contribution in [-0.4, -0.2) is 27.7 Å². The van der Waals surface area contributed by atoms with Gasteiger partial charge in [-0.1, -0.05) is 42.5 Å². The number of carbonyl (C=O) groups is 1. The molecular weight excluding hydrogens is 352 g/mol. The van der Waals surface area contributed by atoms with E-state index in [1.807, 2.05) is 54.6 Å². The molecule has 0 unspecified atom stereocenters. The van der Waals surface area contributed by atoms with Crippen molar-refractivity contribution in [1.29, 1.82) is 0 Å². The zero-order valence-corrected chi connectivity index (χ0v) is 15.5.